The Morgan fingerprint density at radius 1 is 0.920 bits per heavy atom. The standard InChI is InChI=1S/C17H15N3O4S/c21-11-18-20-16(23)12-6-8-14(9-7-12)19-15(22)10-25-17(24)13-4-2-1-3-5-13/h1-9,11H,10H2,(H,18,21)(H,19,22)(H,20,23). The van der Waals surface area contributed by atoms with Crippen LogP contribution < -0.4 is 16.2 Å². The van der Waals surface area contributed by atoms with Crippen molar-refractivity contribution in [3.05, 3.63) is 65.7 Å². The van der Waals surface area contributed by atoms with Gasteiger partial charge in [0.25, 0.3) is 5.91 Å². The van der Waals surface area contributed by atoms with Gasteiger partial charge in [0, 0.05) is 16.8 Å². The number of amides is 3. The van der Waals surface area contributed by atoms with E-state index >= 15 is 0 Å². The summed E-state index contributed by atoms with van der Waals surface area (Å²) in [4.78, 5) is 45.5. The lowest BCUT2D eigenvalue weighted by atomic mass is 10.2. The van der Waals surface area contributed by atoms with Crippen LogP contribution in [0.1, 0.15) is 20.7 Å². The molecule has 3 N–H and O–H groups in total. The number of nitrogens with one attached hydrogen (secondary N) is 3. The van der Waals surface area contributed by atoms with Gasteiger partial charge in [-0.3, -0.25) is 30.0 Å². The van der Waals surface area contributed by atoms with Crippen LogP contribution >= 0.6 is 11.8 Å². The lowest BCUT2D eigenvalue weighted by Crippen LogP contribution is -2.36. The Kier molecular flexibility index (Phi) is 6.73. The second-order valence-corrected chi connectivity index (χ2v) is 5.73. The molecule has 0 fully saturated rings. The minimum atomic E-state index is -0.478. The number of anilines is 1. The molecule has 0 bridgehead atoms. The number of thioether (sulfide) groups is 1. The minimum Gasteiger partial charge on any atom is -0.325 e. The Balaban J connectivity index is 1.83. The number of hydrogen-bond donors (Lipinski definition) is 3. The van der Waals surface area contributed by atoms with E-state index in [0.29, 0.717) is 23.2 Å². The summed E-state index contributed by atoms with van der Waals surface area (Å²) in [6.07, 6.45) is 0.348. The smallest absolute Gasteiger partial charge is 0.269 e. The third-order valence-electron chi connectivity index (χ3n) is 3.02. The highest BCUT2D eigenvalue weighted by Crippen LogP contribution is 2.14. The summed E-state index contributed by atoms with van der Waals surface area (Å²) in [6, 6.07) is 14.8. The fraction of sp³-hybridized carbons (Fsp3) is 0.0588. The van der Waals surface area contributed by atoms with Crippen molar-refractivity contribution < 1.29 is 19.2 Å². The van der Waals surface area contributed by atoms with Crippen molar-refractivity contribution in [2.24, 2.45) is 0 Å². The molecule has 0 atom stereocenters. The van der Waals surface area contributed by atoms with E-state index in [1.165, 1.54) is 12.1 Å². The van der Waals surface area contributed by atoms with Crippen LogP contribution in [0.5, 0.6) is 0 Å². The summed E-state index contributed by atoms with van der Waals surface area (Å²) < 4.78 is 0. The summed E-state index contributed by atoms with van der Waals surface area (Å²) in [5, 5.41) is 2.47. The van der Waals surface area contributed by atoms with Crippen LogP contribution in [0.2, 0.25) is 0 Å². The molecule has 0 radical (unpaired) electrons. The van der Waals surface area contributed by atoms with Crippen molar-refractivity contribution in [3.63, 3.8) is 0 Å². The zero-order chi connectivity index (χ0) is 18.1. The lowest BCUT2D eigenvalue weighted by Gasteiger charge is -2.07. The second kappa shape index (κ2) is 9.24. The number of hydrogen-bond acceptors (Lipinski definition) is 5. The van der Waals surface area contributed by atoms with Gasteiger partial charge >= 0.3 is 0 Å². The molecule has 0 spiro atoms. The quantitative estimate of drug-likeness (QED) is 0.516. The predicted octanol–water partition coefficient (Wildman–Crippen LogP) is 1.59. The van der Waals surface area contributed by atoms with Crippen LogP contribution in [-0.2, 0) is 9.59 Å². The van der Waals surface area contributed by atoms with E-state index in [2.05, 4.69) is 10.7 Å². The number of carbonyl (C=O) groups is 4. The third-order valence-corrected chi connectivity index (χ3v) is 3.92. The van der Waals surface area contributed by atoms with Gasteiger partial charge in [0.1, 0.15) is 0 Å². The topological polar surface area (TPSA) is 104 Å². The molecule has 0 aliphatic carbocycles. The second-order valence-electron chi connectivity index (χ2n) is 4.78. The van der Waals surface area contributed by atoms with Crippen LogP contribution in [0.15, 0.2) is 54.6 Å². The molecule has 25 heavy (non-hydrogen) atoms. The maximum absolute atomic E-state index is 11.9. The molecule has 0 unspecified atom stereocenters. The first-order valence-corrected chi connectivity index (χ1v) is 8.20. The monoisotopic (exact) mass is 357 g/mol. The minimum absolute atomic E-state index is 0.0147. The molecule has 8 heteroatoms. The van der Waals surface area contributed by atoms with E-state index in [4.69, 9.17) is 0 Å². The van der Waals surface area contributed by atoms with Crippen molar-refractivity contribution in [2.75, 3.05) is 11.1 Å². The first-order valence-electron chi connectivity index (χ1n) is 7.22. The van der Waals surface area contributed by atoms with E-state index in [1.54, 1.807) is 36.4 Å². The highest BCUT2D eigenvalue weighted by molar-refractivity contribution is 8.14. The van der Waals surface area contributed by atoms with Crippen LogP contribution in [0, 0.1) is 0 Å². The zero-order valence-corrected chi connectivity index (χ0v) is 13.8. The fourth-order valence-corrected chi connectivity index (χ4v) is 2.49. The highest BCUT2D eigenvalue weighted by Gasteiger charge is 2.10. The predicted molar refractivity (Wildman–Crippen MR) is 95.0 cm³/mol. The first-order chi connectivity index (χ1) is 12.1. The van der Waals surface area contributed by atoms with Crippen molar-refractivity contribution in [2.45, 2.75) is 0 Å². The van der Waals surface area contributed by atoms with E-state index in [-0.39, 0.29) is 16.8 Å². The molecule has 0 saturated heterocycles. The summed E-state index contributed by atoms with van der Waals surface area (Å²) >= 11 is 0.918. The first kappa shape index (κ1) is 18.2. The van der Waals surface area contributed by atoms with Gasteiger partial charge in [-0.15, -0.1) is 0 Å². The van der Waals surface area contributed by atoms with Gasteiger partial charge in [-0.2, -0.15) is 0 Å². The van der Waals surface area contributed by atoms with E-state index in [1.807, 2.05) is 11.5 Å². The number of benzene rings is 2. The molecule has 128 valence electrons. The van der Waals surface area contributed by atoms with Gasteiger partial charge < -0.3 is 5.32 Å². The van der Waals surface area contributed by atoms with Crippen LogP contribution in [0.25, 0.3) is 0 Å². The summed E-state index contributed by atoms with van der Waals surface area (Å²) in [7, 11) is 0. The maximum atomic E-state index is 11.9. The third kappa shape index (κ3) is 5.78. The van der Waals surface area contributed by atoms with Crippen LogP contribution in [0.3, 0.4) is 0 Å². The Hall–Kier alpha value is -3.13. The summed E-state index contributed by atoms with van der Waals surface area (Å²) in [5.41, 5.74) is 5.58. The number of hydrazine groups is 1. The zero-order valence-electron chi connectivity index (χ0n) is 13.0. The molecule has 0 heterocycles. The summed E-state index contributed by atoms with van der Waals surface area (Å²) in [5.74, 6) is -0.817. The average molecular weight is 357 g/mol. The van der Waals surface area contributed by atoms with Crippen molar-refractivity contribution in [3.8, 4) is 0 Å². The lowest BCUT2D eigenvalue weighted by molar-refractivity contribution is -0.114. The van der Waals surface area contributed by atoms with Crippen molar-refractivity contribution in [1.29, 1.82) is 0 Å². The van der Waals surface area contributed by atoms with Gasteiger partial charge in [0.15, 0.2) is 0 Å². The highest BCUT2D eigenvalue weighted by atomic mass is 32.2. The summed E-state index contributed by atoms with van der Waals surface area (Å²) in [6.45, 7) is 0. The van der Waals surface area contributed by atoms with E-state index < -0.39 is 5.91 Å². The van der Waals surface area contributed by atoms with E-state index in [0.717, 1.165) is 11.8 Å². The van der Waals surface area contributed by atoms with Gasteiger partial charge in [0.05, 0.1) is 5.75 Å². The molecular formula is C17H15N3O4S. The van der Waals surface area contributed by atoms with Crippen LogP contribution in [0.4, 0.5) is 5.69 Å². The molecule has 3 amide bonds. The molecule has 0 saturated carbocycles. The largest absolute Gasteiger partial charge is 0.325 e. The molecular weight excluding hydrogens is 342 g/mol. The Bertz CT molecular complexity index is 763. The Morgan fingerprint density at radius 3 is 2.24 bits per heavy atom. The SMILES string of the molecule is O=CNNC(=O)c1ccc(NC(=O)CSC(=O)c2ccccc2)cc1. The number of rotatable bonds is 7. The molecule has 0 aliphatic heterocycles. The Labute approximate surface area is 148 Å². The van der Waals surface area contributed by atoms with Gasteiger partial charge in [-0.05, 0) is 24.3 Å². The molecule has 0 aromatic heterocycles. The molecule has 7 nitrogen and oxygen atoms in total. The van der Waals surface area contributed by atoms with E-state index in [9.17, 15) is 19.2 Å². The number of carbonyl (C=O) groups excluding carboxylic acids is 4. The fourth-order valence-electron chi connectivity index (χ4n) is 1.86. The normalized spacial score (nSPS) is 9.76. The van der Waals surface area contributed by atoms with Crippen molar-refractivity contribution in [1.82, 2.24) is 10.9 Å². The van der Waals surface area contributed by atoms with Gasteiger partial charge in [-0.25, -0.2) is 0 Å². The van der Waals surface area contributed by atoms with Crippen molar-refractivity contribution >= 4 is 40.8 Å². The van der Waals surface area contributed by atoms with Gasteiger partial charge in [0.2, 0.25) is 17.4 Å². The molecule has 0 aliphatic rings. The molecule has 2 rings (SSSR count). The maximum Gasteiger partial charge on any atom is 0.269 e. The Morgan fingerprint density at radius 2 is 1.60 bits per heavy atom. The molecule has 2 aromatic rings. The molecule has 2 aromatic carbocycles. The average Bonchev–Trinajstić information content (AvgIpc) is 2.65. The van der Waals surface area contributed by atoms with Crippen LogP contribution in [-0.4, -0.2) is 29.1 Å². The van der Waals surface area contributed by atoms with Gasteiger partial charge in [-0.1, -0.05) is 42.1 Å².